The molecular weight excluding hydrogens is 420 g/mol. The van der Waals surface area contributed by atoms with Gasteiger partial charge in [-0.25, -0.2) is 4.68 Å². The lowest BCUT2D eigenvalue weighted by Crippen LogP contribution is -2.31. The summed E-state index contributed by atoms with van der Waals surface area (Å²) in [6, 6.07) is 11.8. The summed E-state index contributed by atoms with van der Waals surface area (Å²) in [5, 5.41) is 9.25. The quantitative estimate of drug-likeness (QED) is 0.566. The maximum atomic E-state index is 13.1. The van der Waals surface area contributed by atoms with Crippen LogP contribution in [0.2, 0.25) is 0 Å². The monoisotopic (exact) mass is 448 g/mol. The largest absolute Gasteiger partial charge is 0.465 e. The van der Waals surface area contributed by atoms with Gasteiger partial charge in [-0.15, -0.1) is 0 Å². The molecule has 5 rings (SSSR count). The molecule has 0 spiro atoms. The second-order valence-corrected chi connectivity index (χ2v) is 8.51. The SMILES string of the molecule is CCOC(=O)CN1Cc2cccc(Nc3ccc4c(C)nn(C5CCCCO5)c4c3)c2C1=O. The third kappa shape index (κ3) is 4.06. The highest BCUT2D eigenvalue weighted by atomic mass is 16.5. The Morgan fingerprint density at radius 3 is 2.94 bits per heavy atom. The van der Waals surface area contributed by atoms with Crippen molar-refractivity contribution >= 4 is 34.2 Å². The fourth-order valence-electron chi connectivity index (χ4n) is 4.68. The van der Waals surface area contributed by atoms with E-state index in [9.17, 15) is 9.59 Å². The lowest BCUT2D eigenvalue weighted by Gasteiger charge is -2.23. The Bertz CT molecular complexity index is 1210. The molecule has 0 bridgehead atoms. The molecule has 1 saturated heterocycles. The summed E-state index contributed by atoms with van der Waals surface area (Å²) in [6.45, 7) is 5.16. The lowest BCUT2D eigenvalue weighted by atomic mass is 10.1. The van der Waals surface area contributed by atoms with Gasteiger partial charge < -0.3 is 19.7 Å². The minimum Gasteiger partial charge on any atom is -0.465 e. The molecular formula is C25H28N4O4. The van der Waals surface area contributed by atoms with Crippen molar-refractivity contribution in [3.05, 3.63) is 53.2 Å². The molecule has 1 atom stereocenters. The minimum atomic E-state index is -0.396. The van der Waals surface area contributed by atoms with Crippen molar-refractivity contribution in [3.8, 4) is 0 Å². The van der Waals surface area contributed by atoms with Crippen molar-refractivity contribution in [2.75, 3.05) is 25.1 Å². The molecule has 3 heterocycles. The number of benzene rings is 2. The van der Waals surface area contributed by atoms with E-state index in [0.29, 0.717) is 18.7 Å². The summed E-state index contributed by atoms with van der Waals surface area (Å²) in [5.41, 5.74) is 5.06. The number of hydrogen-bond donors (Lipinski definition) is 1. The Kier molecular flexibility index (Phi) is 5.76. The van der Waals surface area contributed by atoms with Crippen LogP contribution in [-0.4, -0.2) is 46.3 Å². The van der Waals surface area contributed by atoms with Crippen LogP contribution in [0, 0.1) is 6.92 Å². The molecule has 2 aliphatic rings. The van der Waals surface area contributed by atoms with E-state index < -0.39 is 5.97 Å². The van der Waals surface area contributed by atoms with Gasteiger partial charge in [-0.3, -0.25) is 9.59 Å². The van der Waals surface area contributed by atoms with E-state index in [4.69, 9.17) is 14.6 Å². The van der Waals surface area contributed by atoms with Gasteiger partial charge in [0, 0.05) is 24.2 Å². The van der Waals surface area contributed by atoms with E-state index in [1.54, 1.807) is 6.92 Å². The van der Waals surface area contributed by atoms with E-state index in [1.807, 2.05) is 35.9 Å². The average Bonchev–Trinajstić information content (AvgIpc) is 3.31. The molecule has 0 aliphatic carbocycles. The van der Waals surface area contributed by atoms with Crippen molar-refractivity contribution in [2.24, 2.45) is 0 Å². The molecule has 0 radical (unpaired) electrons. The number of fused-ring (bicyclic) bond motifs is 2. The number of hydrogen-bond acceptors (Lipinski definition) is 6. The number of carbonyl (C=O) groups is 2. The molecule has 2 aliphatic heterocycles. The van der Waals surface area contributed by atoms with Crippen LogP contribution in [0.3, 0.4) is 0 Å². The predicted molar refractivity (Wildman–Crippen MR) is 124 cm³/mol. The number of nitrogens with one attached hydrogen (secondary N) is 1. The number of nitrogens with zero attached hydrogens (tertiary/aromatic N) is 3. The second kappa shape index (κ2) is 8.86. The van der Waals surface area contributed by atoms with Crippen LogP contribution in [0.4, 0.5) is 11.4 Å². The van der Waals surface area contributed by atoms with E-state index in [0.717, 1.165) is 59.4 Å². The molecule has 2 aromatic carbocycles. The third-order valence-electron chi connectivity index (χ3n) is 6.24. The molecule has 8 heteroatoms. The van der Waals surface area contributed by atoms with Gasteiger partial charge in [-0.1, -0.05) is 12.1 Å². The van der Waals surface area contributed by atoms with Gasteiger partial charge in [0.2, 0.25) is 0 Å². The summed E-state index contributed by atoms with van der Waals surface area (Å²) in [4.78, 5) is 26.5. The summed E-state index contributed by atoms with van der Waals surface area (Å²) in [7, 11) is 0. The second-order valence-electron chi connectivity index (χ2n) is 8.51. The summed E-state index contributed by atoms with van der Waals surface area (Å²) < 4.78 is 13.0. The zero-order chi connectivity index (χ0) is 22.9. The number of aryl methyl sites for hydroxylation is 1. The molecule has 1 unspecified atom stereocenters. The van der Waals surface area contributed by atoms with Crippen LogP contribution >= 0.6 is 0 Å². The number of esters is 1. The summed E-state index contributed by atoms with van der Waals surface area (Å²) >= 11 is 0. The Balaban J connectivity index is 1.43. The average molecular weight is 449 g/mol. The van der Waals surface area contributed by atoms with Crippen LogP contribution < -0.4 is 5.32 Å². The molecule has 33 heavy (non-hydrogen) atoms. The van der Waals surface area contributed by atoms with Crippen LogP contribution in [0.15, 0.2) is 36.4 Å². The van der Waals surface area contributed by atoms with Crippen LogP contribution in [-0.2, 0) is 20.8 Å². The van der Waals surface area contributed by atoms with E-state index in [-0.39, 0.29) is 18.7 Å². The first-order valence-electron chi connectivity index (χ1n) is 11.5. The number of carbonyl (C=O) groups excluding carboxylic acids is 2. The molecule has 1 N–H and O–H groups in total. The molecule has 1 fully saturated rings. The summed E-state index contributed by atoms with van der Waals surface area (Å²) in [6.07, 6.45) is 3.11. The predicted octanol–water partition coefficient (Wildman–Crippen LogP) is 4.31. The molecule has 172 valence electrons. The smallest absolute Gasteiger partial charge is 0.325 e. The fraction of sp³-hybridized carbons (Fsp3) is 0.400. The molecule has 1 aromatic heterocycles. The van der Waals surface area contributed by atoms with Crippen molar-refractivity contribution in [2.45, 2.75) is 45.9 Å². The highest BCUT2D eigenvalue weighted by molar-refractivity contribution is 6.05. The first-order valence-corrected chi connectivity index (χ1v) is 11.5. The fourth-order valence-corrected chi connectivity index (χ4v) is 4.68. The zero-order valence-electron chi connectivity index (χ0n) is 19.0. The molecule has 8 nitrogen and oxygen atoms in total. The minimum absolute atomic E-state index is 0.0490. The van der Waals surface area contributed by atoms with Crippen LogP contribution in [0.25, 0.3) is 10.9 Å². The van der Waals surface area contributed by atoms with Gasteiger partial charge in [-0.2, -0.15) is 5.10 Å². The Morgan fingerprint density at radius 1 is 1.27 bits per heavy atom. The van der Waals surface area contributed by atoms with Crippen molar-refractivity contribution in [3.63, 3.8) is 0 Å². The number of ether oxygens (including phenoxy) is 2. The highest BCUT2D eigenvalue weighted by Crippen LogP contribution is 2.34. The van der Waals surface area contributed by atoms with Gasteiger partial charge in [0.15, 0.2) is 6.23 Å². The molecule has 3 aromatic rings. The first kappa shape index (κ1) is 21.5. The first-order chi connectivity index (χ1) is 16.0. The Hall–Kier alpha value is -3.39. The Morgan fingerprint density at radius 2 is 2.15 bits per heavy atom. The van der Waals surface area contributed by atoms with Gasteiger partial charge >= 0.3 is 5.97 Å². The zero-order valence-corrected chi connectivity index (χ0v) is 19.0. The van der Waals surface area contributed by atoms with Gasteiger partial charge in [0.25, 0.3) is 5.91 Å². The highest BCUT2D eigenvalue weighted by Gasteiger charge is 2.31. The van der Waals surface area contributed by atoms with E-state index in [1.165, 1.54) is 4.90 Å². The maximum absolute atomic E-state index is 13.1. The van der Waals surface area contributed by atoms with Gasteiger partial charge in [-0.05, 0) is 62.9 Å². The number of anilines is 2. The van der Waals surface area contributed by atoms with Crippen molar-refractivity contribution < 1.29 is 19.1 Å². The maximum Gasteiger partial charge on any atom is 0.325 e. The van der Waals surface area contributed by atoms with Crippen molar-refractivity contribution in [1.29, 1.82) is 0 Å². The van der Waals surface area contributed by atoms with Gasteiger partial charge in [0.1, 0.15) is 6.54 Å². The molecule has 1 amide bonds. The molecule has 0 saturated carbocycles. The number of amides is 1. The number of rotatable bonds is 6. The standard InChI is InChI=1S/C25H28N4O4/c1-3-32-23(30)15-28-14-17-7-6-8-20(24(17)25(28)31)26-18-10-11-19-16(2)27-29(21(19)13-18)22-9-4-5-12-33-22/h6-8,10-11,13,22,26H,3-5,9,12,14-15H2,1-2H3. The summed E-state index contributed by atoms with van der Waals surface area (Å²) in [5.74, 6) is -0.564. The normalized spacial score (nSPS) is 17.9. The Labute approximate surface area is 192 Å². The van der Waals surface area contributed by atoms with E-state index in [2.05, 4.69) is 17.4 Å². The van der Waals surface area contributed by atoms with Crippen molar-refractivity contribution in [1.82, 2.24) is 14.7 Å². The van der Waals surface area contributed by atoms with E-state index >= 15 is 0 Å². The third-order valence-corrected chi connectivity index (χ3v) is 6.24. The topological polar surface area (TPSA) is 85.7 Å². The number of aromatic nitrogens is 2. The van der Waals surface area contributed by atoms with Gasteiger partial charge in [0.05, 0.1) is 29.1 Å². The van der Waals surface area contributed by atoms with Crippen LogP contribution in [0.5, 0.6) is 0 Å². The lowest BCUT2D eigenvalue weighted by molar-refractivity contribution is -0.143. The van der Waals surface area contributed by atoms with Crippen LogP contribution in [0.1, 0.15) is 54.0 Å².